The van der Waals surface area contributed by atoms with Crippen LogP contribution in [0, 0.1) is 0 Å². The van der Waals surface area contributed by atoms with Gasteiger partial charge >= 0.3 is 0 Å². The average molecular weight is 170 g/mol. The molecule has 0 unspecified atom stereocenters. The van der Waals surface area contributed by atoms with Crippen LogP contribution in [0.1, 0.15) is 13.8 Å². The zero-order chi connectivity index (χ0) is 9.40. The molecule has 0 aliphatic heterocycles. The first-order valence-electron chi connectivity index (χ1n) is 3.70. The monoisotopic (exact) mass is 170 g/mol. The Bertz CT molecular complexity index is 197. The largest absolute Gasteiger partial charge is 0.325 e. The maximum atomic E-state index is 10.9. The van der Waals surface area contributed by atoms with Gasteiger partial charge in [0.2, 0.25) is 5.91 Å². The number of nitrogens with one attached hydrogen (secondary N) is 2. The minimum absolute atomic E-state index is 0.102. The first-order valence-corrected chi connectivity index (χ1v) is 3.70. The third-order valence-corrected chi connectivity index (χ3v) is 1.18. The van der Waals surface area contributed by atoms with Gasteiger partial charge in [0.1, 0.15) is 6.54 Å². The number of rotatable bonds is 4. The second kappa shape index (κ2) is 6.57. The molecule has 4 nitrogen and oxygen atoms in total. The van der Waals surface area contributed by atoms with Gasteiger partial charge in [-0.25, -0.2) is 0 Å². The number of allylic oxidation sites excluding steroid dienone is 3. The van der Waals surface area contributed by atoms with Gasteiger partial charge in [-0.15, -0.1) is 0 Å². The van der Waals surface area contributed by atoms with Crippen molar-refractivity contribution < 1.29 is 10.0 Å². The Morgan fingerprint density at radius 2 is 2.17 bits per heavy atom. The molecule has 0 aliphatic rings. The van der Waals surface area contributed by atoms with Crippen LogP contribution in [0.2, 0.25) is 0 Å². The number of carbonyl (C=O) groups excluding carboxylic acids is 1. The molecule has 0 saturated carbocycles. The average Bonchev–Trinajstić information content (AvgIpc) is 2.04. The first kappa shape index (κ1) is 10.9. The van der Waals surface area contributed by atoms with E-state index in [0.717, 1.165) is 5.70 Å². The van der Waals surface area contributed by atoms with Gasteiger partial charge in [-0.1, -0.05) is 12.2 Å². The first-order chi connectivity index (χ1) is 5.74. The van der Waals surface area contributed by atoms with Gasteiger partial charge in [0, 0.05) is 5.70 Å². The summed E-state index contributed by atoms with van der Waals surface area (Å²) in [6.45, 7) is 3.58. The van der Waals surface area contributed by atoms with Gasteiger partial charge in [-0.3, -0.25) is 4.79 Å². The van der Waals surface area contributed by atoms with E-state index in [1.54, 1.807) is 17.6 Å². The Balaban J connectivity index is 3.95. The van der Waals surface area contributed by atoms with Gasteiger partial charge in [0.25, 0.3) is 0 Å². The second-order valence-corrected chi connectivity index (χ2v) is 2.13. The molecule has 0 bridgehead atoms. The van der Waals surface area contributed by atoms with Crippen LogP contribution in [0.25, 0.3) is 0 Å². The molecule has 0 aromatic carbocycles. The SMILES string of the molecule is C/C=C\C(=C/C)NC(=O)CNO. The molecule has 0 aromatic heterocycles. The lowest BCUT2D eigenvalue weighted by Gasteiger charge is -2.03. The third kappa shape index (κ3) is 4.65. The highest BCUT2D eigenvalue weighted by Crippen LogP contribution is 1.90. The van der Waals surface area contributed by atoms with Crippen LogP contribution in [-0.2, 0) is 4.79 Å². The van der Waals surface area contributed by atoms with Crippen molar-refractivity contribution in [2.24, 2.45) is 0 Å². The van der Waals surface area contributed by atoms with Crippen LogP contribution in [0.3, 0.4) is 0 Å². The molecule has 0 fully saturated rings. The fourth-order valence-electron chi connectivity index (χ4n) is 0.667. The minimum atomic E-state index is -0.274. The molecule has 68 valence electrons. The Kier molecular flexibility index (Phi) is 5.95. The summed E-state index contributed by atoms with van der Waals surface area (Å²) in [5.41, 5.74) is 2.50. The molecule has 12 heavy (non-hydrogen) atoms. The van der Waals surface area contributed by atoms with Crippen LogP contribution in [-0.4, -0.2) is 17.7 Å². The standard InChI is InChI=1S/C8H14N2O2/c1-3-5-7(4-2)10-8(11)6-9-12/h3-5,9,12H,6H2,1-2H3,(H,10,11)/b5-3-,7-4+. The summed E-state index contributed by atoms with van der Waals surface area (Å²) < 4.78 is 0. The molecule has 0 radical (unpaired) electrons. The van der Waals surface area contributed by atoms with Crippen molar-refractivity contribution in [3.05, 3.63) is 23.9 Å². The predicted molar refractivity (Wildman–Crippen MR) is 46.5 cm³/mol. The molecule has 1 amide bonds. The lowest BCUT2D eigenvalue weighted by molar-refractivity contribution is -0.120. The van der Waals surface area contributed by atoms with E-state index >= 15 is 0 Å². The summed E-state index contributed by atoms with van der Waals surface area (Å²) in [5, 5.41) is 10.8. The smallest absolute Gasteiger partial charge is 0.240 e. The van der Waals surface area contributed by atoms with Crippen molar-refractivity contribution in [3.8, 4) is 0 Å². The summed E-state index contributed by atoms with van der Waals surface area (Å²) in [4.78, 5) is 10.9. The Labute approximate surface area is 71.9 Å². The maximum Gasteiger partial charge on any atom is 0.240 e. The van der Waals surface area contributed by atoms with E-state index in [2.05, 4.69) is 5.32 Å². The molecule has 0 aromatic rings. The zero-order valence-electron chi connectivity index (χ0n) is 7.29. The van der Waals surface area contributed by atoms with E-state index in [1.165, 1.54) is 0 Å². The van der Waals surface area contributed by atoms with Gasteiger partial charge in [-0.2, -0.15) is 5.48 Å². The maximum absolute atomic E-state index is 10.9. The van der Waals surface area contributed by atoms with Crippen LogP contribution in [0.5, 0.6) is 0 Å². The van der Waals surface area contributed by atoms with Crippen molar-refractivity contribution in [1.82, 2.24) is 10.8 Å². The fourth-order valence-corrected chi connectivity index (χ4v) is 0.667. The topological polar surface area (TPSA) is 61.4 Å². The van der Waals surface area contributed by atoms with Crippen LogP contribution < -0.4 is 10.8 Å². The fraction of sp³-hybridized carbons (Fsp3) is 0.375. The van der Waals surface area contributed by atoms with E-state index in [0.29, 0.717) is 0 Å². The molecule has 0 heterocycles. The van der Waals surface area contributed by atoms with E-state index in [1.807, 2.05) is 19.9 Å². The van der Waals surface area contributed by atoms with Crippen LogP contribution >= 0.6 is 0 Å². The van der Waals surface area contributed by atoms with Gasteiger partial charge < -0.3 is 10.5 Å². The number of hydrogen-bond acceptors (Lipinski definition) is 3. The van der Waals surface area contributed by atoms with E-state index in [-0.39, 0.29) is 12.5 Å². The highest BCUT2D eigenvalue weighted by Gasteiger charge is 1.98. The predicted octanol–water partition coefficient (Wildman–Crippen LogP) is 0.561. The summed E-state index contributed by atoms with van der Waals surface area (Å²) in [6.07, 6.45) is 5.37. The molecule has 0 atom stereocenters. The molecule has 3 N–H and O–H groups in total. The van der Waals surface area contributed by atoms with Crippen molar-refractivity contribution in [1.29, 1.82) is 0 Å². The van der Waals surface area contributed by atoms with E-state index in [4.69, 9.17) is 5.21 Å². The number of hydroxylamine groups is 1. The quantitative estimate of drug-likeness (QED) is 0.427. The van der Waals surface area contributed by atoms with Crippen molar-refractivity contribution in [2.75, 3.05) is 6.54 Å². The normalized spacial score (nSPS) is 12.1. The number of carbonyl (C=O) groups is 1. The molecular weight excluding hydrogens is 156 g/mol. The molecule has 4 heteroatoms. The lowest BCUT2D eigenvalue weighted by Crippen LogP contribution is -2.31. The molecule has 0 saturated heterocycles. The highest BCUT2D eigenvalue weighted by molar-refractivity contribution is 5.80. The van der Waals surface area contributed by atoms with Crippen LogP contribution in [0.4, 0.5) is 0 Å². The van der Waals surface area contributed by atoms with Gasteiger partial charge in [0.05, 0.1) is 0 Å². The number of amides is 1. The highest BCUT2D eigenvalue weighted by atomic mass is 16.5. The molecular formula is C8H14N2O2. The van der Waals surface area contributed by atoms with Crippen molar-refractivity contribution in [3.63, 3.8) is 0 Å². The summed E-state index contributed by atoms with van der Waals surface area (Å²) in [7, 11) is 0. The van der Waals surface area contributed by atoms with Crippen molar-refractivity contribution >= 4 is 5.91 Å². The summed E-state index contributed by atoms with van der Waals surface area (Å²) in [5.74, 6) is -0.274. The second-order valence-electron chi connectivity index (χ2n) is 2.13. The number of hydrogen-bond donors (Lipinski definition) is 3. The third-order valence-electron chi connectivity index (χ3n) is 1.18. The Hall–Kier alpha value is -1.13. The molecule has 0 aliphatic carbocycles. The van der Waals surface area contributed by atoms with Gasteiger partial charge in [0.15, 0.2) is 0 Å². The summed E-state index contributed by atoms with van der Waals surface area (Å²) in [6, 6.07) is 0. The van der Waals surface area contributed by atoms with E-state index in [9.17, 15) is 4.79 Å². The minimum Gasteiger partial charge on any atom is -0.325 e. The van der Waals surface area contributed by atoms with E-state index < -0.39 is 0 Å². The van der Waals surface area contributed by atoms with Crippen molar-refractivity contribution in [2.45, 2.75) is 13.8 Å². The Morgan fingerprint density at radius 3 is 2.58 bits per heavy atom. The lowest BCUT2D eigenvalue weighted by atomic mass is 10.3. The molecule has 0 spiro atoms. The Morgan fingerprint density at radius 1 is 1.50 bits per heavy atom. The summed E-state index contributed by atoms with van der Waals surface area (Å²) >= 11 is 0. The zero-order valence-corrected chi connectivity index (χ0v) is 7.29. The van der Waals surface area contributed by atoms with Gasteiger partial charge in [-0.05, 0) is 19.9 Å². The van der Waals surface area contributed by atoms with Crippen LogP contribution in [0.15, 0.2) is 23.9 Å². The molecule has 0 rings (SSSR count).